The molecule has 0 amide bonds. The van der Waals surface area contributed by atoms with Crippen molar-refractivity contribution in [2.45, 2.75) is 12.8 Å². The normalized spacial score (nSPS) is 17.9. The Morgan fingerprint density at radius 3 is 2.54 bits per heavy atom. The van der Waals surface area contributed by atoms with Crippen molar-refractivity contribution in [1.29, 1.82) is 0 Å². The number of nitro benzene ring substituents is 1. The van der Waals surface area contributed by atoms with Crippen molar-refractivity contribution in [1.82, 2.24) is 4.90 Å². The number of fused-ring (bicyclic) bond motifs is 2. The van der Waals surface area contributed by atoms with E-state index in [0.29, 0.717) is 5.92 Å². The van der Waals surface area contributed by atoms with Crippen LogP contribution >= 0.6 is 0 Å². The van der Waals surface area contributed by atoms with E-state index < -0.39 is 0 Å². The fraction of sp³-hybridized carbons (Fsp3) is 0.350. The molecule has 0 saturated carbocycles. The summed E-state index contributed by atoms with van der Waals surface area (Å²) in [5, 5.41) is 11.3. The van der Waals surface area contributed by atoms with Gasteiger partial charge < -0.3 is 9.80 Å². The number of hydrogen-bond donors (Lipinski definition) is 0. The van der Waals surface area contributed by atoms with Crippen LogP contribution in [-0.4, -0.2) is 42.7 Å². The van der Waals surface area contributed by atoms with Crippen LogP contribution in [0.25, 0.3) is 0 Å². The minimum absolute atomic E-state index is 0.115. The van der Waals surface area contributed by atoms with Gasteiger partial charge in [0, 0.05) is 30.7 Å². The van der Waals surface area contributed by atoms with Crippen LogP contribution in [0.3, 0.4) is 0 Å². The third kappa shape index (κ3) is 2.86. The SMILES string of the molecule is CN1CCC(C2=Nc3ccccc3N(C)c3ccc([N+](=O)[O-])cc32)CC1. The highest BCUT2D eigenvalue weighted by atomic mass is 16.6. The Morgan fingerprint density at radius 2 is 1.81 bits per heavy atom. The third-order valence-corrected chi connectivity index (χ3v) is 5.42. The van der Waals surface area contributed by atoms with Gasteiger partial charge in [-0.3, -0.25) is 15.1 Å². The largest absolute Gasteiger partial charge is 0.342 e. The van der Waals surface area contributed by atoms with Crippen LogP contribution in [-0.2, 0) is 0 Å². The second-order valence-electron chi connectivity index (χ2n) is 7.08. The minimum Gasteiger partial charge on any atom is -0.342 e. The summed E-state index contributed by atoms with van der Waals surface area (Å²) in [6, 6.07) is 13.2. The molecule has 1 fully saturated rings. The zero-order chi connectivity index (χ0) is 18.3. The second-order valence-corrected chi connectivity index (χ2v) is 7.08. The molecule has 0 radical (unpaired) electrons. The third-order valence-electron chi connectivity index (χ3n) is 5.42. The van der Waals surface area contributed by atoms with Gasteiger partial charge >= 0.3 is 0 Å². The lowest BCUT2D eigenvalue weighted by Crippen LogP contribution is -2.34. The van der Waals surface area contributed by atoms with Crippen molar-refractivity contribution in [3.05, 3.63) is 58.1 Å². The molecule has 0 spiro atoms. The molecule has 6 nitrogen and oxygen atoms in total. The molecule has 2 aliphatic rings. The molecule has 2 aliphatic heterocycles. The van der Waals surface area contributed by atoms with E-state index >= 15 is 0 Å². The van der Waals surface area contributed by atoms with Crippen molar-refractivity contribution in [2.75, 3.05) is 32.1 Å². The number of nitro groups is 1. The van der Waals surface area contributed by atoms with Crippen LogP contribution < -0.4 is 4.90 Å². The molecule has 6 heteroatoms. The summed E-state index contributed by atoms with van der Waals surface area (Å²) in [4.78, 5) is 20.4. The van der Waals surface area contributed by atoms with Gasteiger partial charge in [0.15, 0.2) is 0 Å². The van der Waals surface area contributed by atoms with Gasteiger partial charge in [-0.2, -0.15) is 0 Å². The summed E-state index contributed by atoms with van der Waals surface area (Å²) in [6.07, 6.45) is 2.03. The van der Waals surface area contributed by atoms with Gasteiger partial charge in [0.1, 0.15) is 0 Å². The molecule has 0 aliphatic carbocycles. The molecule has 26 heavy (non-hydrogen) atoms. The van der Waals surface area contributed by atoms with Gasteiger partial charge in [-0.15, -0.1) is 0 Å². The molecule has 0 unspecified atom stereocenters. The number of benzene rings is 2. The van der Waals surface area contributed by atoms with Crippen molar-refractivity contribution < 1.29 is 4.92 Å². The van der Waals surface area contributed by atoms with E-state index in [1.165, 1.54) is 0 Å². The summed E-state index contributed by atoms with van der Waals surface area (Å²) < 4.78 is 0. The molecule has 0 aromatic heterocycles. The van der Waals surface area contributed by atoms with Crippen LogP contribution in [0.15, 0.2) is 47.5 Å². The van der Waals surface area contributed by atoms with E-state index in [1.807, 2.05) is 37.4 Å². The Balaban J connectivity index is 1.90. The second kappa shape index (κ2) is 6.53. The highest BCUT2D eigenvalue weighted by Gasteiger charge is 2.29. The Labute approximate surface area is 152 Å². The maximum absolute atomic E-state index is 11.3. The van der Waals surface area contributed by atoms with Crippen LogP contribution in [0, 0.1) is 16.0 Å². The van der Waals surface area contributed by atoms with E-state index in [2.05, 4.69) is 16.8 Å². The molecule has 134 valence electrons. The Bertz CT molecular complexity index is 885. The standard InChI is InChI=1S/C20H22N4O2/c1-22-11-9-14(10-12-22)20-16-13-15(24(25)26)7-8-18(16)23(2)19-6-4-3-5-17(19)21-20/h3-8,13-14H,9-12H2,1-2H3. The van der Waals surface area contributed by atoms with Crippen LogP contribution in [0.1, 0.15) is 18.4 Å². The smallest absolute Gasteiger partial charge is 0.270 e. The number of hydrogen-bond acceptors (Lipinski definition) is 5. The average Bonchev–Trinajstić information content (AvgIpc) is 2.77. The number of rotatable bonds is 2. The summed E-state index contributed by atoms with van der Waals surface area (Å²) in [5.41, 5.74) is 4.89. The summed E-state index contributed by atoms with van der Waals surface area (Å²) in [6.45, 7) is 2.04. The summed E-state index contributed by atoms with van der Waals surface area (Å²) in [7, 11) is 4.13. The van der Waals surface area contributed by atoms with Crippen molar-refractivity contribution in [3.8, 4) is 0 Å². The van der Waals surface area contributed by atoms with Gasteiger partial charge in [0.25, 0.3) is 5.69 Å². The lowest BCUT2D eigenvalue weighted by Gasteiger charge is -2.30. The number of para-hydroxylation sites is 2. The quantitative estimate of drug-likeness (QED) is 0.603. The van der Waals surface area contributed by atoms with Crippen molar-refractivity contribution in [2.24, 2.45) is 10.9 Å². The molecular formula is C20H22N4O2. The Hall–Kier alpha value is -2.73. The molecule has 2 aromatic rings. The fourth-order valence-electron chi connectivity index (χ4n) is 3.89. The van der Waals surface area contributed by atoms with E-state index in [0.717, 1.165) is 54.3 Å². The first kappa shape index (κ1) is 16.7. The number of piperidine rings is 1. The van der Waals surface area contributed by atoms with Crippen LogP contribution in [0.2, 0.25) is 0 Å². The predicted octanol–water partition coefficient (Wildman–Crippen LogP) is 4.14. The molecule has 0 atom stereocenters. The van der Waals surface area contributed by atoms with E-state index in [4.69, 9.17) is 4.99 Å². The van der Waals surface area contributed by atoms with E-state index in [9.17, 15) is 10.1 Å². The molecule has 4 rings (SSSR count). The molecule has 2 heterocycles. The lowest BCUT2D eigenvalue weighted by molar-refractivity contribution is -0.384. The number of anilines is 2. The Morgan fingerprint density at radius 1 is 1.08 bits per heavy atom. The molecule has 1 saturated heterocycles. The first-order chi connectivity index (χ1) is 12.5. The average molecular weight is 350 g/mol. The monoisotopic (exact) mass is 350 g/mol. The maximum atomic E-state index is 11.3. The van der Waals surface area contributed by atoms with Gasteiger partial charge in [0.2, 0.25) is 0 Å². The van der Waals surface area contributed by atoms with Gasteiger partial charge in [-0.25, -0.2) is 0 Å². The Kier molecular flexibility index (Phi) is 4.20. The maximum Gasteiger partial charge on any atom is 0.270 e. The lowest BCUT2D eigenvalue weighted by atomic mass is 9.87. The van der Waals surface area contributed by atoms with E-state index in [1.54, 1.807) is 12.1 Å². The predicted molar refractivity (Wildman–Crippen MR) is 104 cm³/mol. The highest BCUT2D eigenvalue weighted by Crippen LogP contribution is 2.41. The zero-order valence-corrected chi connectivity index (χ0v) is 15.1. The van der Waals surface area contributed by atoms with Crippen LogP contribution in [0.4, 0.5) is 22.7 Å². The number of likely N-dealkylation sites (tertiary alicyclic amines) is 1. The van der Waals surface area contributed by atoms with E-state index in [-0.39, 0.29) is 10.6 Å². The van der Waals surface area contributed by atoms with Crippen LogP contribution in [0.5, 0.6) is 0 Å². The van der Waals surface area contributed by atoms with Gasteiger partial charge in [0.05, 0.1) is 27.7 Å². The fourth-order valence-corrected chi connectivity index (χ4v) is 3.89. The molecule has 0 N–H and O–H groups in total. The topological polar surface area (TPSA) is 62.0 Å². The number of non-ortho nitro benzene ring substituents is 1. The zero-order valence-electron chi connectivity index (χ0n) is 15.1. The summed E-state index contributed by atoms with van der Waals surface area (Å²) in [5.74, 6) is 0.312. The first-order valence-electron chi connectivity index (χ1n) is 8.93. The number of nitrogens with zero attached hydrogens (tertiary/aromatic N) is 4. The molecular weight excluding hydrogens is 328 g/mol. The van der Waals surface area contributed by atoms with Gasteiger partial charge in [-0.05, 0) is 51.2 Å². The van der Waals surface area contributed by atoms with Gasteiger partial charge in [-0.1, -0.05) is 12.1 Å². The minimum atomic E-state index is -0.329. The van der Waals surface area contributed by atoms with Crippen molar-refractivity contribution >= 4 is 28.5 Å². The first-order valence-corrected chi connectivity index (χ1v) is 8.93. The highest BCUT2D eigenvalue weighted by molar-refractivity contribution is 6.11. The summed E-state index contributed by atoms with van der Waals surface area (Å²) >= 11 is 0. The molecule has 0 bridgehead atoms. The molecule has 2 aromatic carbocycles. The van der Waals surface area contributed by atoms with Crippen molar-refractivity contribution in [3.63, 3.8) is 0 Å². The number of aliphatic imine (C=N–C) groups is 1.